The van der Waals surface area contributed by atoms with Gasteiger partial charge in [-0.2, -0.15) is 0 Å². The maximum Gasteiger partial charge on any atom is 0.333 e. The molecule has 5 aromatic rings. The number of thiophene rings is 1. The van der Waals surface area contributed by atoms with Crippen molar-refractivity contribution in [2.24, 2.45) is 0 Å². The molecule has 3 heterocycles. The first-order valence-electron chi connectivity index (χ1n) is 15.0. The number of hydrogen-bond acceptors (Lipinski definition) is 8. The van der Waals surface area contributed by atoms with Crippen molar-refractivity contribution >= 4 is 27.5 Å². The highest BCUT2D eigenvalue weighted by molar-refractivity contribution is 7.22. The number of oxazole rings is 1. The Morgan fingerprint density at radius 3 is 2.31 bits per heavy atom. The summed E-state index contributed by atoms with van der Waals surface area (Å²) in [4.78, 5) is 45.7. The van der Waals surface area contributed by atoms with Gasteiger partial charge < -0.3 is 19.0 Å². The number of benzene rings is 2. The van der Waals surface area contributed by atoms with Crippen LogP contribution in [0.2, 0.25) is 0 Å². The number of aromatic nitrogens is 3. The first-order valence-corrected chi connectivity index (χ1v) is 15.8. The van der Waals surface area contributed by atoms with E-state index in [1.807, 2.05) is 60.7 Å². The van der Waals surface area contributed by atoms with E-state index in [1.54, 1.807) is 6.92 Å². The quantitative estimate of drug-likeness (QED) is 0.195. The lowest BCUT2D eigenvalue weighted by Crippen LogP contribution is -2.52. The highest BCUT2D eigenvalue weighted by Gasteiger charge is 2.36. The lowest BCUT2D eigenvalue weighted by Gasteiger charge is -2.32. The van der Waals surface area contributed by atoms with Crippen molar-refractivity contribution in [1.29, 1.82) is 0 Å². The number of nitrogens with zero attached hydrogens (tertiary/aromatic N) is 3. The van der Waals surface area contributed by atoms with Crippen molar-refractivity contribution < 1.29 is 23.8 Å². The van der Waals surface area contributed by atoms with Crippen LogP contribution in [0.5, 0.6) is 5.75 Å². The molecule has 0 unspecified atom stereocenters. The summed E-state index contributed by atoms with van der Waals surface area (Å²) >= 11 is 1.22. The minimum atomic E-state index is -1.80. The van der Waals surface area contributed by atoms with E-state index in [0.717, 1.165) is 41.6 Å². The second kappa shape index (κ2) is 12.5. The summed E-state index contributed by atoms with van der Waals surface area (Å²) in [5.41, 5.74) is -1.75. The van der Waals surface area contributed by atoms with Crippen LogP contribution in [0.25, 0.3) is 21.0 Å². The van der Waals surface area contributed by atoms with Crippen molar-refractivity contribution in [1.82, 2.24) is 14.1 Å². The molecule has 3 aromatic heterocycles. The Labute approximate surface area is 263 Å². The molecule has 1 aliphatic rings. The molecule has 1 fully saturated rings. The first kappa shape index (κ1) is 30.5. The van der Waals surface area contributed by atoms with Crippen molar-refractivity contribution in [2.45, 2.75) is 76.9 Å². The molecule has 11 heteroatoms. The van der Waals surface area contributed by atoms with Gasteiger partial charge in [0.1, 0.15) is 28.5 Å². The van der Waals surface area contributed by atoms with Gasteiger partial charge in [0.05, 0.1) is 35.2 Å². The van der Waals surface area contributed by atoms with E-state index in [-0.39, 0.29) is 24.1 Å². The summed E-state index contributed by atoms with van der Waals surface area (Å²) < 4.78 is 20.8. The summed E-state index contributed by atoms with van der Waals surface area (Å²) in [6.07, 6.45) is 5.63. The third kappa shape index (κ3) is 5.97. The molecule has 2 aromatic carbocycles. The Balaban J connectivity index is 1.39. The number of carbonyl (C=O) groups is 1. The molecule has 0 aliphatic heterocycles. The average molecular weight is 630 g/mol. The van der Waals surface area contributed by atoms with Gasteiger partial charge in [0.25, 0.3) is 5.56 Å². The Morgan fingerprint density at radius 2 is 1.69 bits per heavy atom. The van der Waals surface area contributed by atoms with Crippen LogP contribution in [0.15, 0.2) is 87.1 Å². The molecule has 0 bridgehead atoms. The van der Waals surface area contributed by atoms with E-state index < -0.39 is 28.9 Å². The number of carboxylic acids is 1. The summed E-state index contributed by atoms with van der Waals surface area (Å²) in [6.45, 7) is 4.53. The van der Waals surface area contributed by atoms with E-state index in [1.165, 1.54) is 42.2 Å². The van der Waals surface area contributed by atoms with Gasteiger partial charge in [-0.05, 0) is 69.7 Å². The van der Waals surface area contributed by atoms with Crippen LogP contribution in [0.4, 0.5) is 0 Å². The standard InChI is InChI=1S/C34H35N3O7S/c1-21-27-30(38)37(34(2,3)32(39)40)33(41)36(31(27)45-28(21)29-35-18-19-42-29)20-26(22-10-6-4-7-11-22)44-25-16-14-24(15-17-25)43-23-12-8-5-9-13-23/h4-13,18-19,24-26H,14-17,20H2,1-3H3,(H,39,40)/t24?,25?,26-/m0/s1. The van der Waals surface area contributed by atoms with Crippen LogP contribution in [0.1, 0.15) is 56.8 Å². The Hall–Kier alpha value is -4.48. The van der Waals surface area contributed by atoms with Crippen LogP contribution < -0.4 is 16.0 Å². The number of aryl methyl sites for hydroxylation is 1. The normalized spacial score (nSPS) is 17.8. The third-order valence-corrected chi connectivity index (χ3v) is 9.77. The van der Waals surface area contributed by atoms with Crippen molar-refractivity contribution in [3.05, 3.63) is 105 Å². The number of aliphatic carboxylic acids is 1. The lowest BCUT2D eigenvalue weighted by molar-refractivity contribution is -0.146. The first-order chi connectivity index (χ1) is 21.6. The van der Waals surface area contributed by atoms with Gasteiger partial charge in [-0.15, -0.1) is 11.3 Å². The number of fused-ring (bicyclic) bond motifs is 1. The fourth-order valence-corrected chi connectivity index (χ4v) is 7.15. The van der Waals surface area contributed by atoms with Crippen molar-refractivity contribution in [2.75, 3.05) is 0 Å². The monoisotopic (exact) mass is 629 g/mol. The SMILES string of the molecule is Cc1c(-c2ncco2)sc2c1c(=O)n(C(C)(C)C(=O)O)c(=O)n2C[C@H](OC1CCC(Oc2ccccc2)CC1)c1ccccc1. The van der Waals surface area contributed by atoms with Crippen LogP contribution >= 0.6 is 11.3 Å². The van der Waals surface area contributed by atoms with Gasteiger partial charge in [-0.1, -0.05) is 48.5 Å². The molecule has 234 valence electrons. The van der Waals surface area contributed by atoms with Crippen LogP contribution in [-0.2, 0) is 21.6 Å². The van der Waals surface area contributed by atoms with E-state index in [2.05, 4.69) is 4.98 Å². The average Bonchev–Trinajstić information content (AvgIpc) is 3.68. The van der Waals surface area contributed by atoms with Crippen molar-refractivity contribution in [3.8, 4) is 16.5 Å². The number of carboxylic acid groups (broad SMARTS) is 1. The van der Waals surface area contributed by atoms with Gasteiger partial charge in [0, 0.05) is 0 Å². The highest BCUT2D eigenvalue weighted by atomic mass is 32.1. The second-order valence-corrected chi connectivity index (χ2v) is 12.8. The van der Waals surface area contributed by atoms with Crippen LogP contribution in [-0.4, -0.2) is 37.4 Å². The summed E-state index contributed by atoms with van der Waals surface area (Å²) in [5.74, 6) is -0.123. The number of rotatable bonds is 10. The topological polar surface area (TPSA) is 126 Å². The van der Waals surface area contributed by atoms with E-state index >= 15 is 0 Å². The third-order valence-electron chi connectivity index (χ3n) is 8.47. The summed E-state index contributed by atoms with van der Waals surface area (Å²) in [7, 11) is 0. The predicted octanol–water partition coefficient (Wildman–Crippen LogP) is 6.16. The minimum absolute atomic E-state index is 0.0702. The second-order valence-electron chi connectivity index (χ2n) is 11.8. The van der Waals surface area contributed by atoms with E-state index in [0.29, 0.717) is 21.2 Å². The maximum atomic E-state index is 14.2. The number of ether oxygens (including phenoxy) is 2. The molecule has 6 rings (SSSR count). The Morgan fingerprint density at radius 1 is 1.04 bits per heavy atom. The molecule has 1 N–H and O–H groups in total. The zero-order valence-electron chi connectivity index (χ0n) is 25.3. The van der Waals surface area contributed by atoms with Gasteiger partial charge >= 0.3 is 11.7 Å². The number of hydrogen-bond donors (Lipinski definition) is 1. The van der Waals surface area contributed by atoms with E-state index in [4.69, 9.17) is 13.9 Å². The summed E-state index contributed by atoms with van der Waals surface area (Å²) in [5, 5.41) is 10.3. The van der Waals surface area contributed by atoms with E-state index in [9.17, 15) is 19.5 Å². The molecular formula is C34H35N3O7S. The van der Waals surface area contributed by atoms with Crippen molar-refractivity contribution in [3.63, 3.8) is 0 Å². The molecule has 0 amide bonds. The minimum Gasteiger partial charge on any atom is -0.490 e. The molecule has 10 nitrogen and oxygen atoms in total. The Kier molecular flexibility index (Phi) is 8.48. The number of para-hydroxylation sites is 1. The summed E-state index contributed by atoms with van der Waals surface area (Å²) in [6, 6.07) is 19.4. The van der Waals surface area contributed by atoms with Gasteiger partial charge in [0.2, 0.25) is 5.89 Å². The molecule has 1 saturated carbocycles. The van der Waals surface area contributed by atoms with Crippen LogP contribution in [0, 0.1) is 6.92 Å². The maximum absolute atomic E-state index is 14.2. The van der Waals surface area contributed by atoms with Gasteiger partial charge in [-0.25, -0.2) is 19.1 Å². The van der Waals surface area contributed by atoms with Gasteiger partial charge in [0.15, 0.2) is 0 Å². The fourth-order valence-electron chi connectivity index (χ4n) is 5.91. The molecule has 1 aliphatic carbocycles. The molecule has 1 atom stereocenters. The molecule has 0 radical (unpaired) electrons. The Bertz CT molecular complexity index is 1900. The van der Waals surface area contributed by atoms with Crippen LogP contribution in [0.3, 0.4) is 0 Å². The van der Waals surface area contributed by atoms with Gasteiger partial charge in [-0.3, -0.25) is 9.36 Å². The fraction of sp³-hybridized carbons (Fsp3) is 0.353. The highest BCUT2D eigenvalue weighted by Crippen LogP contribution is 2.37. The zero-order chi connectivity index (χ0) is 31.7. The lowest BCUT2D eigenvalue weighted by atomic mass is 9.94. The largest absolute Gasteiger partial charge is 0.490 e. The smallest absolute Gasteiger partial charge is 0.333 e. The molecule has 0 spiro atoms. The molecule has 0 saturated heterocycles. The molecule has 45 heavy (non-hydrogen) atoms. The molecular weight excluding hydrogens is 594 g/mol. The predicted molar refractivity (Wildman–Crippen MR) is 171 cm³/mol. The zero-order valence-corrected chi connectivity index (χ0v) is 26.2.